The summed E-state index contributed by atoms with van der Waals surface area (Å²) < 4.78 is 1.61. The van der Waals surface area contributed by atoms with Crippen LogP contribution in [0.5, 0.6) is 0 Å². The van der Waals surface area contributed by atoms with Gasteiger partial charge in [0.2, 0.25) is 0 Å². The molecule has 0 radical (unpaired) electrons. The van der Waals surface area contributed by atoms with Crippen molar-refractivity contribution in [2.45, 2.75) is 24.1 Å². The second kappa shape index (κ2) is 5.83. The van der Waals surface area contributed by atoms with Crippen molar-refractivity contribution >= 4 is 17.6 Å². The number of rotatable bonds is 4. The van der Waals surface area contributed by atoms with Crippen molar-refractivity contribution in [2.75, 3.05) is 19.3 Å². The summed E-state index contributed by atoms with van der Waals surface area (Å²) >= 11 is 1.68. The minimum Gasteiger partial charge on any atom is -0.409 e. The Balaban J connectivity index is 1.95. The minimum atomic E-state index is -0.213. The monoisotopic (exact) mass is 283 g/mol. The lowest BCUT2D eigenvalue weighted by molar-refractivity contribution is 0.207. The molecule has 1 fully saturated rings. The van der Waals surface area contributed by atoms with Crippen LogP contribution in [-0.2, 0) is 13.6 Å². The van der Waals surface area contributed by atoms with Crippen molar-refractivity contribution in [2.24, 2.45) is 17.9 Å². The maximum Gasteiger partial charge on any atom is 0.155 e. The molecule has 1 aromatic heterocycles. The van der Waals surface area contributed by atoms with Crippen LogP contribution in [0.1, 0.15) is 18.5 Å². The molecule has 6 nitrogen and oxygen atoms in total. The minimum absolute atomic E-state index is 0.213. The summed E-state index contributed by atoms with van der Waals surface area (Å²) in [5.41, 5.74) is 6.93. The highest BCUT2D eigenvalue weighted by molar-refractivity contribution is 8.00. The first-order valence-corrected chi connectivity index (χ1v) is 7.56. The maximum atomic E-state index is 8.91. The van der Waals surface area contributed by atoms with E-state index in [1.54, 1.807) is 11.8 Å². The van der Waals surface area contributed by atoms with E-state index in [4.69, 9.17) is 10.9 Å². The molecule has 7 heteroatoms. The summed E-state index contributed by atoms with van der Waals surface area (Å²) in [7, 11) is 1.93. The smallest absolute Gasteiger partial charge is 0.155 e. The number of nitrogens with zero attached hydrogens (tertiary/aromatic N) is 4. The van der Waals surface area contributed by atoms with Crippen molar-refractivity contribution in [1.82, 2.24) is 14.7 Å². The second-order valence-corrected chi connectivity index (χ2v) is 6.13. The fourth-order valence-corrected chi connectivity index (χ4v) is 3.35. The number of thioether (sulfide) groups is 1. The summed E-state index contributed by atoms with van der Waals surface area (Å²) in [5, 5.41) is 16.5. The van der Waals surface area contributed by atoms with Crippen LogP contribution < -0.4 is 5.73 Å². The molecule has 0 spiro atoms. The van der Waals surface area contributed by atoms with Gasteiger partial charge in [-0.15, -0.1) is 0 Å². The van der Waals surface area contributed by atoms with E-state index in [-0.39, 0.29) is 4.75 Å². The second-order valence-electron chi connectivity index (χ2n) is 4.94. The van der Waals surface area contributed by atoms with E-state index < -0.39 is 0 Å². The predicted octanol–water partition coefficient (Wildman–Crippen LogP) is 0.864. The zero-order chi connectivity index (χ0) is 13.9. The number of oxime groups is 1. The molecule has 1 saturated heterocycles. The fraction of sp³-hybridized carbons (Fsp3) is 0.667. The van der Waals surface area contributed by atoms with Gasteiger partial charge in [0.1, 0.15) is 0 Å². The molecule has 0 unspecified atom stereocenters. The molecule has 106 valence electrons. The molecule has 19 heavy (non-hydrogen) atoms. The maximum absolute atomic E-state index is 8.91. The van der Waals surface area contributed by atoms with Gasteiger partial charge in [-0.2, -0.15) is 16.9 Å². The quantitative estimate of drug-likeness (QED) is 0.371. The van der Waals surface area contributed by atoms with Crippen molar-refractivity contribution < 1.29 is 5.21 Å². The average Bonchev–Trinajstić information content (AvgIpc) is 2.84. The zero-order valence-electron chi connectivity index (χ0n) is 11.4. The Morgan fingerprint density at radius 3 is 2.74 bits per heavy atom. The molecule has 0 atom stereocenters. The van der Waals surface area contributed by atoms with Crippen LogP contribution in [0.15, 0.2) is 17.4 Å². The summed E-state index contributed by atoms with van der Waals surface area (Å²) in [6.07, 6.45) is 5.78. The predicted molar refractivity (Wildman–Crippen MR) is 77.4 cm³/mol. The van der Waals surface area contributed by atoms with Gasteiger partial charge in [0.15, 0.2) is 5.84 Å². The molecule has 0 amide bonds. The molecular formula is C12H21N5OS. The molecule has 0 saturated carbocycles. The van der Waals surface area contributed by atoms with Crippen molar-refractivity contribution in [3.8, 4) is 0 Å². The van der Waals surface area contributed by atoms with E-state index in [2.05, 4.69) is 15.2 Å². The largest absolute Gasteiger partial charge is 0.409 e. The lowest BCUT2D eigenvalue weighted by Gasteiger charge is -2.39. The van der Waals surface area contributed by atoms with Crippen LogP contribution in [0.25, 0.3) is 0 Å². The molecular weight excluding hydrogens is 262 g/mol. The highest BCUT2D eigenvalue weighted by atomic mass is 32.2. The Hall–Kier alpha value is -1.21. The van der Waals surface area contributed by atoms with Gasteiger partial charge in [-0.25, -0.2) is 0 Å². The summed E-state index contributed by atoms with van der Waals surface area (Å²) in [6, 6.07) is 2.04. The third-order valence-corrected chi connectivity index (χ3v) is 5.18. The number of hydrogen-bond acceptors (Lipinski definition) is 5. The Morgan fingerprint density at radius 1 is 1.58 bits per heavy atom. The van der Waals surface area contributed by atoms with E-state index in [9.17, 15) is 0 Å². The zero-order valence-corrected chi connectivity index (χ0v) is 12.2. The Morgan fingerprint density at radius 2 is 2.26 bits per heavy atom. The average molecular weight is 283 g/mol. The number of piperidine rings is 1. The van der Waals surface area contributed by atoms with Gasteiger partial charge >= 0.3 is 0 Å². The fourth-order valence-electron chi connectivity index (χ4n) is 2.50. The van der Waals surface area contributed by atoms with Gasteiger partial charge in [-0.1, -0.05) is 5.16 Å². The number of aryl methyl sites for hydroxylation is 1. The molecule has 1 aromatic rings. The van der Waals surface area contributed by atoms with E-state index in [0.717, 1.165) is 38.2 Å². The van der Waals surface area contributed by atoms with Crippen molar-refractivity contribution in [3.05, 3.63) is 18.0 Å². The van der Waals surface area contributed by atoms with Gasteiger partial charge in [0.25, 0.3) is 0 Å². The van der Waals surface area contributed by atoms with Crippen LogP contribution in [0.2, 0.25) is 0 Å². The molecule has 0 aromatic carbocycles. The van der Waals surface area contributed by atoms with Crippen LogP contribution in [0, 0.1) is 0 Å². The molecule has 1 aliphatic rings. The highest BCUT2D eigenvalue weighted by Gasteiger charge is 2.38. The first-order chi connectivity index (χ1) is 9.09. The molecule has 1 aliphatic heterocycles. The van der Waals surface area contributed by atoms with Gasteiger partial charge in [-0.3, -0.25) is 9.58 Å². The SMILES string of the molecule is CSC1(/C(N)=N/O)CCN(Cc2ccn(C)n2)CC1. The van der Waals surface area contributed by atoms with Gasteiger partial charge < -0.3 is 10.9 Å². The molecule has 2 heterocycles. The first-order valence-electron chi connectivity index (χ1n) is 6.34. The third-order valence-electron chi connectivity index (χ3n) is 3.78. The van der Waals surface area contributed by atoms with E-state index >= 15 is 0 Å². The lowest BCUT2D eigenvalue weighted by atomic mass is 9.94. The highest BCUT2D eigenvalue weighted by Crippen LogP contribution is 2.35. The molecule has 0 bridgehead atoms. The third kappa shape index (κ3) is 3.03. The first kappa shape index (κ1) is 14.2. The number of amidine groups is 1. The van der Waals surface area contributed by atoms with E-state index in [0.29, 0.717) is 5.84 Å². The van der Waals surface area contributed by atoms with Crippen LogP contribution in [0.3, 0.4) is 0 Å². The number of hydrogen-bond donors (Lipinski definition) is 2. The Kier molecular flexibility index (Phi) is 4.36. The lowest BCUT2D eigenvalue weighted by Crippen LogP contribution is -2.49. The van der Waals surface area contributed by atoms with Gasteiger partial charge in [0.05, 0.1) is 10.4 Å². The summed E-state index contributed by atoms with van der Waals surface area (Å²) in [6.45, 7) is 2.74. The Bertz CT molecular complexity index is 451. The van der Waals surface area contributed by atoms with E-state index in [1.165, 1.54) is 0 Å². The molecule has 3 N–H and O–H groups in total. The Labute approximate surface area is 117 Å². The molecule has 2 rings (SSSR count). The van der Waals surface area contributed by atoms with Crippen LogP contribution >= 0.6 is 11.8 Å². The summed E-state index contributed by atoms with van der Waals surface area (Å²) in [4.78, 5) is 2.36. The number of nitrogens with two attached hydrogens (primary N) is 1. The molecule has 0 aliphatic carbocycles. The van der Waals surface area contributed by atoms with Crippen LogP contribution in [-0.4, -0.2) is 49.8 Å². The summed E-state index contributed by atoms with van der Waals surface area (Å²) in [5.74, 6) is 0.345. The van der Waals surface area contributed by atoms with Gasteiger partial charge in [0, 0.05) is 32.9 Å². The normalized spacial score (nSPS) is 20.6. The topological polar surface area (TPSA) is 79.7 Å². The number of aromatic nitrogens is 2. The van der Waals surface area contributed by atoms with Gasteiger partial charge in [-0.05, 0) is 25.2 Å². The van der Waals surface area contributed by atoms with E-state index in [1.807, 2.05) is 30.2 Å². The van der Waals surface area contributed by atoms with Crippen molar-refractivity contribution in [3.63, 3.8) is 0 Å². The standard InChI is InChI=1S/C12H21N5OS/c1-16-6-3-10(14-16)9-17-7-4-12(19-2,5-8-17)11(13)15-18/h3,6,18H,4-5,7-9H2,1-2H3,(H2,13,15). The van der Waals surface area contributed by atoms with Crippen LogP contribution in [0.4, 0.5) is 0 Å². The number of likely N-dealkylation sites (tertiary alicyclic amines) is 1. The van der Waals surface area contributed by atoms with Crippen molar-refractivity contribution in [1.29, 1.82) is 0 Å².